The van der Waals surface area contributed by atoms with Gasteiger partial charge in [-0.15, -0.1) is 6.58 Å². The van der Waals surface area contributed by atoms with Gasteiger partial charge in [-0.2, -0.15) is 12.8 Å². The number of para-hydroxylation sites is 1. The van der Waals surface area contributed by atoms with Crippen molar-refractivity contribution < 1.29 is 17.9 Å². The molecular weight excluding hydrogens is 502 g/mol. The molecule has 2 aliphatic rings. The van der Waals surface area contributed by atoms with Gasteiger partial charge in [0.25, 0.3) is 10.0 Å². The number of aryl methyl sites for hydroxylation is 1. The van der Waals surface area contributed by atoms with Gasteiger partial charge in [0.05, 0.1) is 11.5 Å². The number of nitrogens with zero attached hydrogens (tertiary/aromatic N) is 1. The third-order valence-electron chi connectivity index (χ3n) is 6.16. The largest absolute Gasteiger partial charge is 0.476 e. The summed E-state index contributed by atoms with van der Waals surface area (Å²) < 4.78 is 45.0. The van der Waals surface area contributed by atoms with Gasteiger partial charge in [0.1, 0.15) is 17.6 Å². The monoisotopic (exact) mass is 523 g/mol. The number of benzene rings is 3. The van der Waals surface area contributed by atoms with Crippen molar-refractivity contribution in [3.63, 3.8) is 0 Å². The number of hydrogen-bond acceptors (Lipinski definition) is 4. The van der Waals surface area contributed by atoms with E-state index >= 15 is 0 Å². The summed E-state index contributed by atoms with van der Waals surface area (Å²) in [7, 11) is -4.00. The molecule has 1 fully saturated rings. The van der Waals surface area contributed by atoms with Crippen LogP contribution in [0.3, 0.4) is 0 Å². The van der Waals surface area contributed by atoms with Crippen LogP contribution < -0.4 is 4.74 Å². The second kappa shape index (κ2) is 8.24. The van der Waals surface area contributed by atoms with Gasteiger partial charge < -0.3 is 9.47 Å². The second-order valence-corrected chi connectivity index (χ2v) is 10.7. The van der Waals surface area contributed by atoms with E-state index in [1.165, 1.54) is 0 Å². The Morgan fingerprint density at radius 3 is 2.45 bits per heavy atom. The van der Waals surface area contributed by atoms with Gasteiger partial charge in [-0.3, -0.25) is 0 Å². The molecular formula is C26H22BrNO4S. The predicted molar refractivity (Wildman–Crippen MR) is 131 cm³/mol. The third kappa shape index (κ3) is 3.64. The van der Waals surface area contributed by atoms with E-state index in [0.29, 0.717) is 23.6 Å². The smallest absolute Gasteiger partial charge is 0.282 e. The van der Waals surface area contributed by atoms with Crippen LogP contribution in [-0.2, 0) is 14.8 Å². The molecule has 0 radical (unpaired) electrons. The molecule has 3 atom stereocenters. The molecule has 3 aromatic rings. The van der Waals surface area contributed by atoms with Gasteiger partial charge in [0.15, 0.2) is 5.60 Å². The molecule has 1 saturated heterocycles. The molecule has 0 aromatic heterocycles. The van der Waals surface area contributed by atoms with Gasteiger partial charge >= 0.3 is 0 Å². The average Bonchev–Trinajstić information content (AvgIpc) is 3.32. The van der Waals surface area contributed by atoms with Crippen LogP contribution in [0.4, 0.5) is 0 Å². The van der Waals surface area contributed by atoms with Crippen molar-refractivity contribution in [3.05, 3.63) is 107 Å². The Morgan fingerprint density at radius 2 is 1.76 bits per heavy atom. The first-order chi connectivity index (χ1) is 15.8. The highest BCUT2D eigenvalue weighted by atomic mass is 79.9. The molecule has 0 bridgehead atoms. The van der Waals surface area contributed by atoms with Crippen LogP contribution in [-0.4, -0.2) is 26.3 Å². The van der Waals surface area contributed by atoms with Crippen molar-refractivity contribution in [2.24, 2.45) is 10.3 Å². The molecule has 168 valence electrons. The lowest BCUT2D eigenvalue weighted by atomic mass is 9.78. The van der Waals surface area contributed by atoms with Gasteiger partial charge in [-0.1, -0.05) is 64.0 Å². The lowest BCUT2D eigenvalue weighted by Crippen LogP contribution is -2.49. The van der Waals surface area contributed by atoms with Crippen molar-refractivity contribution in [1.82, 2.24) is 0 Å². The zero-order valence-corrected chi connectivity index (χ0v) is 20.3. The van der Waals surface area contributed by atoms with Crippen molar-refractivity contribution >= 4 is 31.7 Å². The van der Waals surface area contributed by atoms with E-state index in [4.69, 9.17) is 9.47 Å². The quantitative estimate of drug-likeness (QED) is 0.415. The Bertz CT molecular complexity index is 1350. The number of ether oxygens (including phenoxy) is 2. The second-order valence-electron chi connectivity index (χ2n) is 8.23. The molecule has 0 N–H and O–H groups in total. The highest BCUT2D eigenvalue weighted by molar-refractivity contribution is 9.10. The molecule has 7 heteroatoms. The van der Waals surface area contributed by atoms with Crippen LogP contribution in [0.25, 0.3) is 0 Å². The topological polar surface area (TPSA) is 65.0 Å². The van der Waals surface area contributed by atoms with Crippen molar-refractivity contribution in [2.75, 3.05) is 6.61 Å². The highest BCUT2D eigenvalue weighted by Gasteiger charge is 2.61. The molecule has 0 saturated carbocycles. The Kier molecular flexibility index (Phi) is 5.51. The van der Waals surface area contributed by atoms with Gasteiger partial charge in [-0.05, 0) is 48.9 Å². The molecule has 0 unspecified atom stereocenters. The van der Waals surface area contributed by atoms with Crippen molar-refractivity contribution in [3.8, 4) is 5.75 Å². The lowest BCUT2D eigenvalue weighted by molar-refractivity contribution is 0.0256. The average molecular weight is 524 g/mol. The maximum Gasteiger partial charge on any atom is 0.282 e. The number of hydrogen-bond donors (Lipinski definition) is 0. The van der Waals surface area contributed by atoms with E-state index in [0.717, 1.165) is 15.6 Å². The first kappa shape index (κ1) is 22.1. The first-order valence-electron chi connectivity index (χ1n) is 10.6. The number of rotatable bonds is 4. The Hall–Kier alpha value is -2.74. The molecule has 0 aliphatic carbocycles. The first-order valence-corrected chi connectivity index (χ1v) is 12.8. The highest BCUT2D eigenvalue weighted by Crippen LogP contribution is 2.53. The maximum absolute atomic E-state index is 13.4. The summed E-state index contributed by atoms with van der Waals surface area (Å²) in [4.78, 5) is 0.134. The van der Waals surface area contributed by atoms with E-state index in [-0.39, 0.29) is 10.8 Å². The third-order valence-corrected chi connectivity index (χ3v) is 7.98. The fraction of sp³-hybridized carbons (Fsp3) is 0.192. The summed E-state index contributed by atoms with van der Waals surface area (Å²) in [6.45, 7) is 6.24. The molecule has 5 nitrogen and oxygen atoms in total. The summed E-state index contributed by atoms with van der Waals surface area (Å²) in [5.41, 5.74) is 1.67. The van der Waals surface area contributed by atoms with E-state index < -0.39 is 21.7 Å². The van der Waals surface area contributed by atoms with Crippen LogP contribution in [0.15, 0.2) is 99.2 Å². The van der Waals surface area contributed by atoms with Crippen LogP contribution in [0.5, 0.6) is 5.75 Å². The van der Waals surface area contributed by atoms with Gasteiger partial charge in [0, 0.05) is 16.0 Å². The fourth-order valence-corrected chi connectivity index (χ4v) is 5.82. The van der Waals surface area contributed by atoms with Crippen LogP contribution in [0, 0.1) is 12.8 Å². The number of halogens is 1. The number of fused-ring (bicyclic) bond motifs is 1. The molecule has 5 rings (SSSR count). The Morgan fingerprint density at radius 1 is 1.06 bits per heavy atom. The fourth-order valence-electron chi connectivity index (χ4n) is 4.49. The molecule has 33 heavy (non-hydrogen) atoms. The van der Waals surface area contributed by atoms with E-state index in [1.54, 1.807) is 30.3 Å². The molecule has 0 amide bonds. The number of sulfonamides is 1. The predicted octanol–water partition coefficient (Wildman–Crippen LogP) is 5.64. The lowest BCUT2D eigenvalue weighted by Gasteiger charge is -2.33. The van der Waals surface area contributed by atoms with Gasteiger partial charge in [0.2, 0.25) is 0 Å². The van der Waals surface area contributed by atoms with E-state index in [9.17, 15) is 8.42 Å². The van der Waals surface area contributed by atoms with Crippen LogP contribution >= 0.6 is 15.9 Å². The summed E-state index contributed by atoms with van der Waals surface area (Å²) in [6, 6.07) is 21.8. The van der Waals surface area contributed by atoms with Crippen LogP contribution in [0.2, 0.25) is 0 Å². The van der Waals surface area contributed by atoms with E-state index in [1.807, 2.05) is 55.5 Å². The standard InChI is InChI=1S/C26H22BrNO4S/c1-3-19-16-31-25(18-10-12-20(27)13-11-18)26(19)24(22-6-4-5-7-23(22)32-26)28-33(29,30)21-14-8-17(2)9-15-21/h3-15,19,25H,1,16H2,2H3/b28-24+/t19-,25-,26+/m0/s1. The van der Waals surface area contributed by atoms with Crippen LogP contribution in [0.1, 0.15) is 22.8 Å². The summed E-state index contributed by atoms with van der Waals surface area (Å²) in [6.07, 6.45) is 1.20. The van der Waals surface area contributed by atoms with Crippen molar-refractivity contribution in [2.45, 2.75) is 23.5 Å². The molecule has 2 aliphatic heterocycles. The van der Waals surface area contributed by atoms with E-state index in [2.05, 4.69) is 26.9 Å². The SMILES string of the molecule is C=C[C@H]1CO[C@@H](c2ccc(Br)cc2)[C@@]12Oc1ccccc1/C2=N\S(=O)(=O)c1ccc(C)cc1. The maximum atomic E-state index is 13.4. The normalized spacial score (nSPS) is 25.2. The molecule has 2 heterocycles. The zero-order chi connectivity index (χ0) is 23.2. The summed E-state index contributed by atoms with van der Waals surface area (Å²) >= 11 is 3.47. The van der Waals surface area contributed by atoms with Gasteiger partial charge in [-0.25, -0.2) is 0 Å². The minimum absolute atomic E-state index is 0.134. The minimum atomic E-state index is -4.00. The Labute approximate surface area is 202 Å². The summed E-state index contributed by atoms with van der Waals surface area (Å²) in [5, 5.41) is 0. The minimum Gasteiger partial charge on any atom is -0.476 e. The zero-order valence-electron chi connectivity index (χ0n) is 17.9. The molecule has 1 spiro atoms. The summed E-state index contributed by atoms with van der Waals surface area (Å²) in [5.74, 6) is 0.278. The Balaban J connectivity index is 1.73. The molecule has 3 aromatic carbocycles. The van der Waals surface area contributed by atoms with Crippen molar-refractivity contribution in [1.29, 1.82) is 0 Å².